The average Bonchev–Trinajstić information content (AvgIpc) is 2.67. The van der Waals surface area contributed by atoms with Gasteiger partial charge in [-0.2, -0.15) is 0 Å². The van der Waals surface area contributed by atoms with Gasteiger partial charge in [0.05, 0.1) is 11.5 Å². The van der Waals surface area contributed by atoms with Crippen LogP contribution in [0.25, 0.3) is 6.08 Å². The molecule has 2 aromatic carbocycles. The van der Waals surface area contributed by atoms with Crippen LogP contribution in [0.15, 0.2) is 54.6 Å². The SMILES string of the molecule is CCCCCCOc1ccc(C=CC(=O)Oc2ccc([N+](=O)[O-])cc2)cc1. The molecule has 27 heavy (non-hydrogen) atoms. The second-order valence-corrected chi connectivity index (χ2v) is 5.98. The molecular weight excluding hydrogens is 346 g/mol. The largest absolute Gasteiger partial charge is 0.494 e. The zero-order valence-corrected chi connectivity index (χ0v) is 15.3. The summed E-state index contributed by atoms with van der Waals surface area (Å²) >= 11 is 0. The first kappa shape index (κ1) is 20.2. The van der Waals surface area contributed by atoms with Crippen LogP contribution in [0.4, 0.5) is 5.69 Å². The molecule has 6 heteroatoms. The number of hydrogen-bond donors (Lipinski definition) is 0. The van der Waals surface area contributed by atoms with Gasteiger partial charge in [-0.1, -0.05) is 38.3 Å². The molecule has 0 radical (unpaired) electrons. The van der Waals surface area contributed by atoms with Crippen LogP contribution in [-0.2, 0) is 4.79 Å². The summed E-state index contributed by atoms with van der Waals surface area (Å²) < 4.78 is 10.8. The quantitative estimate of drug-likeness (QED) is 0.144. The zero-order chi connectivity index (χ0) is 19.5. The number of non-ortho nitro benzene ring substituents is 1. The van der Waals surface area contributed by atoms with Crippen LogP contribution in [0.5, 0.6) is 11.5 Å². The summed E-state index contributed by atoms with van der Waals surface area (Å²) in [5, 5.41) is 10.6. The van der Waals surface area contributed by atoms with Gasteiger partial charge in [0.1, 0.15) is 11.5 Å². The van der Waals surface area contributed by atoms with Gasteiger partial charge in [0.15, 0.2) is 0 Å². The molecule has 0 saturated heterocycles. The minimum atomic E-state index is -0.555. The first-order valence-corrected chi connectivity index (χ1v) is 8.95. The van der Waals surface area contributed by atoms with E-state index in [1.54, 1.807) is 6.08 Å². The Morgan fingerprint density at radius 2 is 1.67 bits per heavy atom. The molecule has 0 spiro atoms. The smallest absolute Gasteiger partial charge is 0.336 e. The molecule has 142 valence electrons. The van der Waals surface area contributed by atoms with Crippen molar-refractivity contribution in [3.63, 3.8) is 0 Å². The average molecular weight is 369 g/mol. The van der Waals surface area contributed by atoms with Crippen molar-refractivity contribution in [3.8, 4) is 11.5 Å². The number of hydrogen-bond acceptors (Lipinski definition) is 5. The van der Waals surface area contributed by atoms with Crippen LogP contribution < -0.4 is 9.47 Å². The molecular formula is C21H23NO5. The third-order valence-corrected chi connectivity index (χ3v) is 3.82. The molecule has 0 atom stereocenters. The number of rotatable bonds is 10. The summed E-state index contributed by atoms with van der Waals surface area (Å²) in [6.07, 6.45) is 7.59. The van der Waals surface area contributed by atoms with Gasteiger partial charge >= 0.3 is 5.97 Å². The minimum Gasteiger partial charge on any atom is -0.494 e. The summed E-state index contributed by atoms with van der Waals surface area (Å²) in [5.41, 5.74) is 0.784. The molecule has 0 heterocycles. The van der Waals surface area contributed by atoms with E-state index in [1.165, 1.54) is 49.6 Å². The van der Waals surface area contributed by atoms with E-state index in [9.17, 15) is 14.9 Å². The summed E-state index contributed by atoms with van der Waals surface area (Å²) in [7, 11) is 0. The first-order chi connectivity index (χ1) is 13.1. The van der Waals surface area contributed by atoms with E-state index in [2.05, 4.69) is 6.92 Å². The molecule has 0 amide bonds. The minimum absolute atomic E-state index is 0.0574. The molecule has 2 aromatic rings. The predicted molar refractivity (Wildman–Crippen MR) is 104 cm³/mol. The highest BCUT2D eigenvalue weighted by Gasteiger charge is 2.06. The Morgan fingerprint density at radius 3 is 2.30 bits per heavy atom. The van der Waals surface area contributed by atoms with Gasteiger partial charge in [-0.25, -0.2) is 4.79 Å². The molecule has 0 N–H and O–H groups in total. The van der Waals surface area contributed by atoms with Crippen molar-refractivity contribution in [2.45, 2.75) is 32.6 Å². The summed E-state index contributed by atoms with van der Waals surface area (Å²) in [5.74, 6) is 0.499. The molecule has 2 rings (SSSR count). The fraction of sp³-hybridized carbons (Fsp3) is 0.286. The second-order valence-electron chi connectivity index (χ2n) is 5.98. The van der Waals surface area contributed by atoms with E-state index in [-0.39, 0.29) is 11.4 Å². The van der Waals surface area contributed by atoms with Crippen molar-refractivity contribution in [1.82, 2.24) is 0 Å². The van der Waals surface area contributed by atoms with E-state index < -0.39 is 10.9 Å². The molecule has 0 aliphatic carbocycles. The summed E-state index contributed by atoms with van der Waals surface area (Å²) in [6.45, 7) is 2.88. The van der Waals surface area contributed by atoms with Crippen LogP contribution in [-0.4, -0.2) is 17.5 Å². The standard InChI is InChI=1S/C21H23NO5/c1-2-3-4-5-16-26-19-11-6-17(7-12-19)8-15-21(23)27-20-13-9-18(10-14-20)22(24)25/h6-15H,2-5,16H2,1H3. The number of ether oxygens (including phenoxy) is 2. The number of unbranched alkanes of at least 4 members (excludes halogenated alkanes) is 3. The molecule has 0 aliphatic heterocycles. The van der Waals surface area contributed by atoms with Crippen molar-refractivity contribution in [2.24, 2.45) is 0 Å². The Labute approximate surface area is 158 Å². The molecule has 6 nitrogen and oxygen atoms in total. The lowest BCUT2D eigenvalue weighted by molar-refractivity contribution is -0.384. The second kappa shape index (κ2) is 10.8. The van der Waals surface area contributed by atoms with Crippen LogP contribution in [0.1, 0.15) is 38.2 Å². The maximum absolute atomic E-state index is 11.8. The Bertz CT molecular complexity index is 766. The van der Waals surface area contributed by atoms with Gasteiger partial charge in [0.25, 0.3) is 5.69 Å². The molecule has 0 fully saturated rings. The van der Waals surface area contributed by atoms with Gasteiger partial charge in [0.2, 0.25) is 0 Å². The highest BCUT2D eigenvalue weighted by molar-refractivity contribution is 5.88. The van der Waals surface area contributed by atoms with Crippen molar-refractivity contribution >= 4 is 17.7 Å². The van der Waals surface area contributed by atoms with Crippen molar-refractivity contribution in [3.05, 3.63) is 70.3 Å². The van der Waals surface area contributed by atoms with Gasteiger partial charge in [-0.3, -0.25) is 10.1 Å². The van der Waals surface area contributed by atoms with Gasteiger partial charge < -0.3 is 9.47 Å². The number of nitro benzene ring substituents is 1. The Balaban J connectivity index is 1.80. The lowest BCUT2D eigenvalue weighted by atomic mass is 10.2. The van der Waals surface area contributed by atoms with E-state index >= 15 is 0 Å². The maximum atomic E-state index is 11.8. The fourth-order valence-electron chi connectivity index (χ4n) is 2.34. The third-order valence-electron chi connectivity index (χ3n) is 3.82. The van der Waals surface area contributed by atoms with Crippen molar-refractivity contribution in [1.29, 1.82) is 0 Å². The number of nitrogens with zero attached hydrogens (tertiary/aromatic N) is 1. The first-order valence-electron chi connectivity index (χ1n) is 8.95. The zero-order valence-electron chi connectivity index (χ0n) is 15.3. The van der Waals surface area contributed by atoms with Crippen LogP contribution >= 0.6 is 0 Å². The molecule has 0 unspecified atom stereocenters. The normalized spacial score (nSPS) is 10.7. The lowest BCUT2D eigenvalue weighted by Crippen LogP contribution is -2.03. The Morgan fingerprint density at radius 1 is 1.00 bits per heavy atom. The monoisotopic (exact) mass is 369 g/mol. The van der Waals surface area contributed by atoms with Gasteiger partial charge in [0, 0.05) is 18.2 Å². The molecule has 0 saturated carbocycles. The van der Waals surface area contributed by atoms with Crippen molar-refractivity contribution < 1.29 is 19.2 Å². The van der Waals surface area contributed by atoms with Gasteiger partial charge in [-0.15, -0.1) is 0 Å². The van der Waals surface area contributed by atoms with Crippen LogP contribution in [0.2, 0.25) is 0 Å². The highest BCUT2D eigenvalue weighted by atomic mass is 16.6. The van der Waals surface area contributed by atoms with Crippen LogP contribution in [0, 0.1) is 10.1 Å². The Kier molecular flexibility index (Phi) is 8.03. The van der Waals surface area contributed by atoms with Crippen LogP contribution in [0.3, 0.4) is 0 Å². The van der Waals surface area contributed by atoms with Crippen molar-refractivity contribution in [2.75, 3.05) is 6.61 Å². The highest BCUT2D eigenvalue weighted by Crippen LogP contribution is 2.18. The number of nitro groups is 1. The number of esters is 1. The topological polar surface area (TPSA) is 78.7 Å². The number of carbonyl (C=O) groups is 1. The molecule has 0 aliphatic rings. The van der Waals surface area contributed by atoms with E-state index in [0.29, 0.717) is 6.61 Å². The Hall–Kier alpha value is -3.15. The maximum Gasteiger partial charge on any atom is 0.336 e. The molecule has 0 aromatic heterocycles. The summed E-state index contributed by atoms with van der Waals surface area (Å²) in [4.78, 5) is 21.9. The van der Waals surface area contributed by atoms with E-state index in [4.69, 9.17) is 9.47 Å². The third kappa shape index (κ3) is 7.32. The molecule has 0 bridgehead atoms. The van der Waals surface area contributed by atoms with Gasteiger partial charge in [-0.05, 0) is 42.3 Å². The summed E-state index contributed by atoms with van der Waals surface area (Å²) in [6, 6.07) is 12.8. The number of carbonyl (C=O) groups excluding carboxylic acids is 1. The van der Waals surface area contributed by atoms with E-state index in [0.717, 1.165) is 17.7 Å². The number of benzene rings is 2. The van der Waals surface area contributed by atoms with E-state index in [1.807, 2.05) is 24.3 Å². The lowest BCUT2D eigenvalue weighted by Gasteiger charge is -2.06. The predicted octanol–water partition coefficient (Wildman–Crippen LogP) is 5.17. The fourth-order valence-corrected chi connectivity index (χ4v) is 2.34.